The number of carboxylic acid groups (broad SMARTS) is 1. The molecule has 0 saturated heterocycles. The summed E-state index contributed by atoms with van der Waals surface area (Å²) in [5, 5.41) is 17.6. The van der Waals surface area contributed by atoms with Gasteiger partial charge in [-0.15, -0.1) is 10.2 Å². The number of aromatic nitrogens is 3. The molecule has 1 aliphatic heterocycles. The highest BCUT2D eigenvalue weighted by molar-refractivity contribution is 5.97. The zero-order valence-corrected chi connectivity index (χ0v) is 13.4. The number of carboxylic acids is 1. The van der Waals surface area contributed by atoms with Gasteiger partial charge in [-0.1, -0.05) is 6.07 Å². The molecule has 1 aromatic heterocycles. The molecule has 0 bridgehead atoms. The predicted molar refractivity (Wildman–Crippen MR) is 84.5 cm³/mol. The monoisotopic (exact) mass is 326 g/mol. The van der Waals surface area contributed by atoms with Crippen LogP contribution in [0, 0.1) is 6.92 Å². The molecule has 2 aliphatic rings. The Morgan fingerprint density at radius 1 is 1.21 bits per heavy atom. The molecule has 0 radical (unpaired) electrons. The summed E-state index contributed by atoms with van der Waals surface area (Å²) in [6.07, 6.45) is 3.14. The maximum absolute atomic E-state index is 12.9. The SMILES string of the molecule is Cc1nnc2n1CC(C(=O)O)N(C(=O)c1ccc3c(c1)CCC3)C2. The van der Waals surface area contributed by atoms with Crippen molar-refractivity contribution < 1.29 is 14.7 Å². The van der Waals surface area contributed by atoms with Crippen molar-refractivity contribution in [1.29, 1.82) is 0 Å². The van der Waals surface area contributed by atoms with Crippen LogP contribution in [0.15, 0.2) is 18.2 Å². The molecule has 7 nitrogen and oxygen atoms in total. The topological polar surface area (TPSA) is 88.3 Å². The number of carbonyl (C=O) groups excluding carboxylic acids is 1. The number of fused-ring (bicyclic) bond motifs is 2. The average Bonchev–Trinajstić information content (AvgIpc) is 3.19. The van der Waals surface area contributed by atoms with Gasteiger partial charge in [-0.25, -0.2) is 4.79 Å². The first-order chi connectivity index (χ1) is 11.5. The summed E-state index contributed by atoms with van der Waals surface area (Å²) in [4.78, 5) is 26.0. The van der Waals surface area contributed by atoms with E-state index < -0.39 is 12.0 Å². The number of rotatable bonds is 2. The van der Waals surface area contributed by atoms with Gasteiger partial charge in [0.25, 0.3) is 5.91 Å². The van der Waals surface area contributed by atoms with E-state index in [2.05, 4.69) is 10.2 Å². The van der Waals surface area contributed by atoms with Crippen LogP contribution in [-0.4, -0.2) is 42.7 Å². The van der Waals surface area contributed by atoms with Crippen LogP contribution in [0.4, 0.5) is 0 Å². The fourth-order valence-electron chi connectivity index (χ4n) is 3.61. The lowest BCUT2D eigenvalue weighted by molar-refractivity contribution is -0.143. The maximum Gasteiger partial charge on any atom is 0.328 e. The third kappa shape index (κ3) is 2.28. The lowest BCUT2D eigenvalue weighted by Crippen LogP contribution is -2.50. The Kier molecular flexibility index (Phi) is 3.37. The van der Waals surface area contributed by atoms with Gasteiger partial charge in [0, 0.05) is 5.56 Å². The summed E-state index contributed by atoms with van der Waals surface area (Å²) in [6.45, 7) is 2.13. The molecule has 0 saturated carbocycles. The summed E-state index contributed by atoms with van der Waals surface area (Å²) in [7, 11) is 0. The largest absolute Gasteiger partial charge is 0.480 e. The van der Waals surface area contributed by atoms with Gasteiger partial charge < -0.3 is 14.6 Å². The molecule has 1 N–H and O–H groups in total. The minimum Gasteiger partial charge on any atom is -0.480 e. The number of benzene rings is 1. The summed E-state index contributed by atoms with van der Waals surface area (Å²) in [6, 6.07) is 4.79. The van der Waals surface area contributed by atoms with Crippen LogP contribution in [0.1, 0.15) is 39.6 Å². The summed E-state index contributed by atoms with van der Waals surface area (Å²) in [5.41, 5.74) is 3.03. The normalized spacial score (nSPS) is 19.0. The number of nitrogens with zero attached hydrogens (tertiary/aromatic N) is 4. The van der Waals surface area contributed by atoms with Crippen LogP contribution in [0.25, 0.3) is 0 Å². The first-order valence-corrected chi connectivity index (χ1v) is 8.09. The van der Waals surface area contributed by atoms with Gasteiger partial charge in [0.05, 0.1) is 13.1 Å². The number of hydrogen-bond donors (Lipinski definition) is 1. The Labute approximate surface area is 138 Å². The zero-order valence-electron chi connectivity index (χ0n) is 13.4. The van der Waals surface area contributed by atoms with Crippen molar-refractivity contribution in [3.63, 3.8) is 0 Å². The van der Waals surface area contributed by atoms with Crippen molar-refractivity contribution >= 4 is 11.9 Å². The van der Waals surface area contributed by atoms with Gasteiger partial charge in [-0.2, -0.15) is 0 Å². The van der Waals surface area contributed by atoms with Crippen molar-refractivity contribution in [3.05, 3.63) is 46.5 Å². The molecular weight excluding hydrogens is 308 g/mol. The van der Waals surface area contributed by atoms with Crippen molar-refractivity contribution in [3.8, 4) is 0 Å². The number of carbonyl (C=O) groups is 2. The number of amides is 1. The quantitative estimate of drug-likeness (QED) is 0.895. The second kappa shape index (κ2) is 5.43. The molecule has 24 heavy (non-hydrogen) atoms. The van der Waals surface area contributed by atoms with E-state index in [1.54, 1.807) is 17.6 Å². The van der Waals surface area contributed by atoms with Crippen molar-refractivity contribution in [2.45, 2.75) is 45.3 Å². The van der Waals surface area contributed by atoms with E-state index in [0.717, 1.165) is 19.3 Å². The maximum atomic E-state index is 12.9. The van der Waals surface area contributed by atoms with Crippen molar-refractivity contribution in [1.82, 2.24) is 19.7 Å². The molecular formula is C17H18N4O3. The number of aryl methyl sites for hydroxylation is 3. The standard InChI is InChI=1S/C17H18N4O3/c1-10-18-19-15-9-21(14(17(23)24)8-20(10)15)16(22)13-6-5-11-3-2-4-12(11)7-13/h5-7,14H,2-4,8-9H2,1H3,(H,23,24). The van der Waals surface area contributed by atoms with Crippen LogP contribution >= 0.6 is 0 Å². The fraction of sp³-hybridized carbons (Fsp3) is 0.412. The Balaban J connectivity index is 1.68. The van der Waals surface area contributed by atoms with E-state index in [1.165, 1.54) is 16.0 Å². The number of aliphatic carboxylic acids is 1. The van der Waals surface area contributed by atoms with Crippen molar-refractivity contribution in [2.24, 2.45) is 0 Å². The van der Waals surface area contributed by atoms with E-state index in [-0.39, 0.29) is 19.0 Å². The van der Waals surface area contributed by atoms with Crippen LogP contribution in [0.5, 0.6) is 0 Å². The summed E-state index contributed by atoms with van der Waals surface area (Å²) < 4.78 is 1.77. The molecule has 1 unspecified atom stereocenters. The van der Waals surface area contributed by atoms with E-state index >= 15 is 0 Å². The third-order valence-electron chi connectivity index (χ3n) is 4.95. The average molecular weight is 326 g/mol. The lowest BCUT2D eigenvalue weighted by Gasteiger charge is -2.33. The third-order valence-corrected chi connectivity index (χ3v) is 4.95. The first kappa shape index (κ1) is 14.9. The smallest absolute Gasteiger partial charge is 0.328 e. The van der Waals surface area contributed by atoms with Crippen molar-refractivity contribution in [2.75, 3.05) is 0 Å². The van der Waals surface area contributed by atoms with Gasteiger partial charge in [-0.05, 0) is 49.4 Å². The first-order valence-electron chi connectivity index (χ1n) is 8.09. The van der Waals surface area contributed by atoms with Gasteiger partial charge in [0.15, 0.2) is 5.82 Å². The highest BCUT2D eigenvalue weighted by Gasteiger charge is 2.37. The highest BCUT2D eigenvalue weighted by Crippen LogP contribution is 2.25. The molecule has 1 aromatic carbocycles. The Morgan fingerprint density at radius 3 is 2.79 bits per heavy atom. The second-order valence-corrected chi connectivity index (χ2v) is 6.40. The number of hydrogen-bond acceptors (Lipinski definition) is 4. The Morgan fingerprint density at radius 2 is 2.00 bits per heavy atom. The minimum atomic E-state index is -1.01. The molecule has 2 aromatic rings. The molecule has 0 fully saturated rings. The molecule has 2 heterocycles. The van der Waals surface area contributed by atoms with Gasteiger partial charge in [0.2, 0.25) is 0 Å². The molecule has 7 heteroatoms. The summed E-state index contributed by atoms with van der Waals surface area (Å²) in [5.74, 6) is 0.0210. The van der Waals surface area contributed by atoms with Gasteiger partial charge >= 0.3 is 5.97 Å². The molecule has 0 spiro atoms. The highest BCUT2D eigenvalue weighted by atomic mass is 16.4. The molecule has 124 valence electrons. The lowest BCUT2D eigenvalue weighted by atomic mass is 10.0. The van der Waals surface area contributed by atoms with Crippen LogP contribution in [0.3, 0.4) is 0 Å². The second-order valence-electron chi connectivity index (χ2n) is 6.40. The fourth-order valence-corrected chi connectivity index (χ4v) is 3.61. The molecule has 1 amide bonds. The molecule has 1 aliphatic carbocycles. The predicted octanol–water partition coefficient (Wildman–Crippen LogP) is 1.18. The minimum absolute atomic E-state index is 0.160. The Bertz CT molecular complexity index is 842. The van der Waals surface area contributed by atoms with Crippen LogP contribution in [0.2, 0.25) is 0 Å². The molecule has 1 atom stereocenters. The van der Waals surface area contributed by atoms with Gasteiger partial charge in [-0.3, -0.25) is 4.79 Å². The molecule has 4 rings (SSSR count). The zero-order chi connectivity index (χ0) is 16.8. The van der Waals surface area contributed by atoms with E-state index in [9.17, 15) is 14.7 Å². The van der Waals surface area contributed by atoms with E-state index in [0.29, 0.717) is 17.2 Å². The van der Waals surface area contributed by atoms with E-state index in [1.807, 2.05) is 12.1 Å². The van der Waals surface area contributed by atoms with E-state index in [4.69, 9.17) is 0 Å². The van der Waals surface area contributed by atoms with Gasteiger partial charge in [0.1, 0.15) is 11.9 Å². The summed E-state index contributed by atoms with van der Waals surface area (Å²) >= 11 is 0. The Hall–Kier alpha value is -2.70. The van der Waals surface area contributed by atoms with Crippen LogP contribution in [-0.2, 0) is 30.7 Å². The van der Waals surface area contributed by atoms with Crippen LogP contribution < -0.4 is 0 Å².